The Morgan fingerprint density at radius 2 is 1.80 bits per heavy atom. The van der Waals surface area contributed by atoms with E-state index in [0.29, 0.717) is 12.8 Å². The van der Waals surface area contributed by atoms with E-state index < -0.39 is 21.4 Å². The van der Waals surface area contributed by atoms with Crippen molar-refractivity contribution in [2.45, 2.75) is 40.5 Å². The predicted molar refractivity (Wildman–Crippen MR) is 77.7 cm³/mol. The molecule has 0 aromatic heterocycles. The lowest BCUT2D eigenvalue weighted by Crippen LogP contribution is -2.41. The lowest BCUT2D eigenvalue weighted by atomic mass is 9.88. The number of methoxy groups -OCH3 is 1. The molecule has 0 spiro atoms. The molecule has 0 aliphatic rings. The molecule has 0 amide bonds. The molecule has 0 aromatic rings. The van der Waals surface area contributed by atoms with Crippen LogP contribution in [0.2, 0.25) is 0 Å². The van der Waals surface area contributed by atoms with Crippen molar-refractivity contribution < 1.29 is 23.1 Å². The van der Waals surface area contributed by atoms with E-state index in [9.17, 15) is 13.2 Å². The number of hydrogen-bond donors (Lipinski definition) is 2. The molecule has 0 unspecified atom stereocenters. The van der Waals surface area contributed by atoms with Gasteiger partial charge in [-0.15, -0.1) is 0 Å². The number of hydrogen-bond acceptors (Lipinski definition) is 5. The fraction of sp³-hybridized carbons (Fsp3) is 0.923. The smallest absolute Gasteiger partial charge is 0.312 e. The zero-order valence-electron chi connectivity index (χ0n) is 13.0. The number of esters is 1. The van der Waals surface area contributed by atoms with Gasteiger partial charge in [0.2, 0.25) is 10.0 Å². The molecule has 0 aliphatic carbocycles. The van der Waals surface area contributed by atoms with Gasteiger partial charge in [-0.1, -0.05) is 13.8 Å². The van der Waals surface area contributed by atoms with Crippen LogP contribution in [-0.2, 0) is 19.6 Å². The predicted octanol–water partition coefficient (Wildman–Crippen LogP) is 0.904. The Morgan fingerprint density at radius 1 is 1.25 bits per heavy atom. The zero-order valence-corrected chi connectivity index (χ0v) is 13.8. The van der Waals surface area contributed by atoms with E-state index >= 15 is 0 Å². The van der Waals surface area contributed by atoms with Gasteiger partial charge in [-0.2, -0.15) is 0 Å². The molecule has 0 heterocycles. The van der Waals surface area contributed by atoms with Crippen molar-refractivity contribution in [1.82, 2.24) is 4.72 Å². The first-order valence-electron chi connectivity index (χ1n) is 6.62. The molecule has 0 atom stereocenters. The van der Waals surface area contributed by atoms with Crippen LogP contribution in [0.3, 0.4) is 0 Å². The van der Waals surface area contributed by atoms with E-state index in [2.05, 4.69) is 9.46 Å². The van der Waals surface area contributed by atoms with Crippen molar-refractivity contribution in [2.24, 2.45) is 10.8 Å². The monoisotopic (exact) mass is 309 g/mol. The number of nitrogens with one attached hydrogen (secondary N) is 1. The standard InChI is InChI=1S/C13H27NO5S/c1-12(2,7-6-8-15)9-14-20(17,18)10-13(3,4)11(16)19-5/h14-15H,6-10H2,1-5H3. The van der Waals surface area contributed by atoms with E-state index in [-0.39, 0.29) is 24.3 Å². The highest BCUT2D eigenvalue weighted by molar-refractivity contribution is 7.89. The van der Waals surface area contributed by atoms with Gasteiger partial charge in [-0.3, -0.25) is 4.79 Å². The van der Waals surface area contributed by atoms with Crippen molar-refractivity contribution in [3.63, 3.8) is 0 Å². The fourth-order valence-corrected chi connectivity index (χ4v) is 3.59. The summed E-state index contributed by atoms with van der Waals surface area (Å²) in [4.78, 5) is 11.5. The largest absolute Gasteiger partial charge is 0.469 e. The van der Waals surface area contributed by atoms with Crippen molar-refractivity contribution in [1.29, 1.82) is 0 Å². The minimum absolute atomic E-state index is 0.0888. The van der Waals surface area contributed by atoms with Crippen LogP contribution in [0.25, 0.3) is 0 Å². The third kappa shape index (κ3) is 7.21. The molecule has 0 radical (unpaired) electrons. The molecule has 2 N–H and O–H groups in total. The summed E-state index contributed by atoms with van der Waals surface area (Å²) in [6, 6.07) is 0. The highest BCUT2D eigenvalue weighted by atomic mass is 32.2. The van der Waals surface area contributed by atoms with Gasteiger partial charge in [0.25, 0.3) is 0 Å². The highest BCUT2D eigenvalue weighted by Crippen LogP contribution is 2.23. The maximum atomic E-state index is 12.0. The van der Waals surface area contributed by atoms with E-state index in [1.165, 1.54) is 21.0 Å². The second-order valence-corrected chi connectivity index (χ2v) is 8.25. The normalized spacial score (nSPS) is 13.3. The Labute approximate surface area is 121 Å². The number of ether oxygens (including phenoxy) is 1. The zero-order chi connectivity index (χ0) is 16.0. The maximum Gasteiger partial charge on any atom is 0.312 e. The van der Waals surface area contributed by atoms with Crippen molar-refractivity contribution in [2.75, 3.05) is 26.0 Å². The maximum absolute atomic E-state index is 12.0. The summed E-state index contributed by atoms with van der Waals surface area (Å²) in [5, 5.41) is 8.81. The van der Waals surface area contributed by atoms with Gasteiger partial charge in [0.05, 0.1) is 18.3 Å². The van der Waals surface area contributed by atoms with Crippen LogP contribution in [0.1, 0.15) is 40.5 Å². The Balaban J connectivity index is 4.58. The molecule has 7 heteroatoms. The lowest BCUT2D eigenvalue weighted by Gasteiger charge is -2.26. The third-order valence-electron chi connectivity index (χ3n) is 3.07. The molecule has 20 heavy (non-hydrogen) atoms. The Hall–Kier alpha value is -0.660. The number of carbonyl (C=O) groups excluding carboxylic acids is 1. The molecule has 6 nitrogen and oxygen atoms in total. The third-order valence-corrected chi connectivity index (χ3v) is 4.76. The first-order chi connectivity index (χ1) is 8.96. The number of aliphatic hydroxyl groups excluding tert-OH is 1. The van der Waals surface area contributed by atoms with Gasteiger partial charge in [0.15, 0.2) is 0 Å². The van der Waals surface area contributed by atoms with Crippen LogP contribution in [0, 0.1) is 10.8 Å². The summed E-state index contributed by atoms with van der Waals surface area (Å²) in [7, 11) is -2.33. The average molecular weight is 309 g/mol. The van der Waals surface area contributed by atoms with E-state index in [4.69, 9.17) is 5.11 Å². The van der Waals surface area contributed by atoms with Crippen LogP contribution >= 0.6 is 0 Å². The van der Waals surface area contributed by atoms with Crippen LogP contribution in [0.5, 0.6) is 0 Å². The summed E-state index contributed by atoms with van der Waals surface area (Å²) in [5.74, 6) is -0.870. The second kappa shape index (κ2) is 7.38. The van der Waals surface area contributed by atoms with Gasteiger partial charge in [-0.05, 0) is 32.1 Å². The molecule has 0 saturated heterocycles. The van der Waals surface area contributed by atoms with Gasteiger partial charge < -0.3 is 9.84 Å². The van der Waals surface area contributed by atoms with Crippen LogP contribution in [0.4, 0.5) is 0 Å². The number of carbonyl (C=O) groups is 1. The fourth-order valence-electron chi connectivity index (χ4n) is 1.81. The summed E-state index contributed by atoms with van der Waals surface area (Å²) in [6.07, 6.45) is 1.34. The highest BCUT2D eigenvalue weighted by Gasteiger charge is 2.35. The first-order valence-corrected chi connectivity index (χ1v) is 8.28. The van der Waals surface area contributed by atoms with Crippen LogP contribution in [0.15, 0.2) is 0 Å². The number of rotatable bonds is 9. The molecular formula is C13H27NO5S. The van der Waals surface area contributed by atoms with Crippen LogP contribution in [-0.4, -0.2) is 45.5 Å². The van der Waals surface area contributed by atoms with E-state index in [0.717, 1.165) is 0 Å². The lowest BCUT2D eigenvalue weighted by molar-refractivity contribution is -0.149. The molecule has 0 rings (SSSR count). The molecule has 0 saturated carbocycles. The molecule has 0 fully saturated rings. The average Bonchev–Trinajstić information content (AvgIpc) is 2.32. The van der Waals surface area contributed by atoms with Crippen molar-refractivity contribution in [3.8, 4) is 0 Å². The van der Waals surface area contributed by atoms with Crippen molar-refractivity contribution >= 4 is 16.0 Å². The summed E-state index contributed by atoms with van der Waals surface area (Å²) >= 11 is 0. The topological polar surface area (TPSA) is 92.7 Å². The minimum Gasteiger partial charge on any atom is -0.469 e. The molecule has 120 valence electrons. The minimum atomic E-state index is -3.57. The van der Waals surface area contributed by atoms with Gasteiger partial charge in [0.1, 0.15) is 0 Å². The Bertz CT molecular complexity index is 414. The Morgan fingerprint density at radius 3 is 2.25 bits per heavy atom. The van der Waals surface area contributed by atoms with E-state index in [1.54, 1.807) is 0 Å². The molecule has 0 aromatic carbocycles. The number of sulfonamides is 1. The first kappa shape index (κ1) is 19.3. The number of aliphatic hydroxyl groups is 1. The quantitative estimate of drug-likeness (QED) is 0.617. The van der Waals surface area contributed by atoms with Gasteiger partial charge >= 0.3 is 5.97 Å². The Kier molecular flexibility index (Phi) is 7.13. The summed E-state index contributed by atoms with van der Waals surface area (Å²) in [5.41, 5.74) is -1.33. The van der Waals surface area contributed by atoms with Crippen LogP contribution < -0.4 is 4.72 Å². The van der Waals surface area contributed by atoms with Gasteiger partial charge in [-0.25, -0.2) is 13.1 Å². The van der Waals surface area contributed by atoms with E-state index in [1.807, 2.05) is 13.8 Å². The van der Waals surface area contributed by atoms with Crippen molar-refractivity contribution in [3.05, 3.63) is 0 Å². The SMILES string of the molecule is COC(=O)C(C)(C)CS(=O)(=O)NCC(C)(C)CCCO. The summed E-state index contributed by atoms with van der Waals surface area (Å²) < 4.78 is 31.2. The molecular weight excluding hydrogens is 282 g/mol. The molecule has 0 bridgehead atoms. The second-order valence-electron chi connectivity index (χ2n) is 6.45. The summed E-state index contributed by atoms with van der Waals surface area (Å²) in [6.45, 7) is 7.29. The van der Waals surface area contributed by atoms with Gasteiger partial charge in [0, 0.05) is 13.2 Å². The molecule has 0 aliphatic heterocycles.